The van der Waals surface area contributed by atoms with Crippen LogP contribution in [0.5, 0.6) is 0 Å². The number of carbonyl (C=O) groups excluding carboxylic acids is 3. The van der Waals surface area contributed by atoms with Gasteiger partial charge < -0.3 is 10.1 Å². The van der Waals surface area contributed by atoms with Gasteiger partial charge in [0.2, 0.25) is 6.10 Å². The number of nitrogens with one attached hydrogen (secondary N) is 1. The van der Waals surface area contributed by atoms with Crippen LogP contribution < -0.4 is 5.32 Å². The predicted octanol–water partition coefficient (Wildman–Crippen LogP) is 5.08. The van der Waals surface area contributed by atoms with Crippen molar-refractivity contribution in [3.8, 4) is 0 Å². The summed E-state index contributed by atoms with van der Waals surface area (Å²) in [5.41, 5.74) is 1.71. The van der Waals surface area contributed by atoms with Crippen LogP contribution in [0, 0.1) is 0 Å². The van der Waals surface area contributed by atoms with Crippen molar-refractivity contribution in [2.45, 2.75) is 13.0 Å². The van der Waals surface area contributed by atoms with E-state index in [0.717, 1.165) is 0 Å². The largest absolute Gasteiger partial charge is 0.444 e. The Morgan fingerprint density at radius 3 is 2.21 bits per heavy atom. The van der Waals surface area contributed by atoms with Gasteiger partial charge in [0.05, 0.1) is 5.56 Å². The summed E-state index contributed by atoms with van der Waals surface area (Å²) in [6.45, 7) is 1.45. The number of esters is 1. The number of Topliss-reactive ketones (excluding diaryl/α,β-unsaturated/α-hetero) is 1. The number of amides is 1. The van der Waals surface area contributed by atoms with Crippen molar-refractivity contribution in [2.24, 2.45) is 0 Å². The standard InChI is InChI=1S/C23H18ClNO4/c1-15(26)18-8-5-9-20(14-18)25-22(27)21(16-6-3-2-4-7-16)29-23(28)17-10-12-19(24)13-11-17/h2-14,21H,1H3,(H,25,27)/t21-/m1/s1. The molecule has 1 amide bonds. The molecule has 0 aliphatic rings. The molecule has 0 aliphatic carbocycles. The molecule has 3 aromatic carbocycles. The molecular formula is C23H18ClNO4. The summed E-state index contributed by atoms with van der Waals surface area (Å²) < 4.78 is 5.51. The SMILES string of the molecule is CC(=O)c1cccc(NC(=O)[C@H](OC(=O)c2ccc(Cl)cc2)c2ccccc2)c1. The summed E-state index contributed by atoms with van der Waals surface area (Å²) in [5, 5.41) is 3.20. The number of carbonyl (C=O) groups is 3. The van der Waals surface area contributed by atoms with E-state index in [2.05, 4.69) is 5.32 Å². The highest BCUT2D eigenvalue weighted by molar-refractivity contribution is 6.30. The molecule has 0 heterocycles. The van der Waals surface area contributed by atoms with E-state index in [1.54, 1.807) is 66.7 Å². The highest BCUT2D eigenvalue weighted by atomic mass is 35.5. The first-order valence-corrected chi connectivity index (χ1v) is 9.25. The monoisotopic (exact) mass is 407 g/mol. The Morgan fingerprint density at radius 1 is 0.862 bits per heavy atom. The Labute approximate surface area is 173 Å². The maximum atomic E-state index is 12.9. The number of halogens is 1. The third-order valence-corrected chi connectivity index (χ3v) is 4.43. The summed E-state index contributed by atoms with van der Waals surface area (Å²) in [7, 11) is 0. The van der Waals surface area contributed by atoms with Gasteiger partial charge in [-0.1, -0.05) is 54.1 Å². The average molecular weight is 408 g/mol. The molecule has 1 atom stereocenters. The van der Waals surface area contributed by atoms with Crippen molar-refractivity contribution in [1.82, 2.24) is 0 Å². The molecule has 3 rings (SSSR count). The van der Waals surface area contributed by atoms with Crippen LogP contribution in [0.2, 0.25) is 5.02 Å². The van der Waals surface area contributed by atoms with Crippen molar-refractivity contribution in [3.05, 3.63) is 101 Å². The predicted molar refractivity (Wildman–Crippen MR) is 111 cm³/mol. The molecule has 0 radical (unpaired) electrons. The number of benzene rings is 3. The molecule has 0 bridgehead atoms. The fourth-order valence-electron chi connectivity index (χ4n) is 2.69. The number of ether oxygens (including phenoxy) is 1. The smallest absolute Gasteiger partial charge is 0.339 e. The van der Waals surface area contributed by atoms with E-state index in [4.69, 9.17) is 16.3 Å². The molecule has 0 saturated carbocycles. The molecule has 6 heteroatoms. The van der Waals surface area contributed by atoms with Gasteiger partial charge in [0.15, 0.2) is 5.78 Å². The summed E-state index contributed by atoms with van der Waals surface area (Å²) in [5.74, 6) is -1.29. The molecule has 1 N–H and O–H groups in total. The molecule has 0 saturated heterocycles. The van der Waals surface area contributed by atoms with Crippen LogP contribution in [0.4, 0.5) is 5.69 Å². The van der Waals surface area contributed by atoms with E-state index in [1.807, 2.05) is 0 Å². The average Bonchev–Trinajstić information content (AvgIpc) is 2.73. The summed E-state index contributed by atoms with van der Waals surface area (Å²) >= 11 is 5.85. The Kier molecular flexibility index (Phi) is 6.42. The van der Waals surface area contributed by atoms with Crippen molar-refractivity contribution >= 4 is 34.9 Å². The number of hydrogen-bond acceptors (Lipinski definition) is 4. The molecule has 0 spiro atoms. The van der Waals surface area contributed by atoms with E-state index in [0.29, 0.717) is 21.8 Å². The molecule has 0 unspecified atom stereocenters. The van der Waals surface area contributed by atoms with Crippen LogP contribution in [0.25, 0.3) is 0 Å². The summed E-state index contributed by atoms with van der Waals surface area (Å²) in [4.78, 5) is 37.0. The number of rotatable bonds is 6. The molecule has 29 heavy (non-hydrogen) atoms. The molecule has 3 aromatic rings. The minimum Gasteiger partial charge on any atom is -0.444 e. The van der Waals surface area contributed by atoms with Gasteiger partial charge in [0.25, 0.3) is 5.91 Å². The van der Waals surface area contributed by atoms with Gasteiger partial charge in [-0.3, -0.25) is 9.59 Å². The summed E-state index contributed by atoms with van der Waals surface area (Å²) in [6.07, 6.45) is -1.17. The lowest BCUT2D eigenvalue weighted by molar-refractivity contribution is -0.125. The Bertz CT molecular complexity index is 1030. The Hall–Kier alpha value is -3.44. The highest BCUT2D eigenvalue weighted by Crippen LogP contribution is 2.23. The minimum atomic E-state index is -1.17. The molecule has 5 nitrogen and oxygen atoms in total. The van der Waals surface area contributed by atoms with E-state index >= 15 is 0 Å². The van der Waals surface area contributed by atoms with Gasteiger partial charge in [-0.15, -0.1) is 0 Å². The van der Waals surface area contributed by atoms with Gasteiger partial charge in [-0.2, -0.15) is 0 Å². The lowest BCUT2D eigenvalue weighted by Crippen LogP contribution is -2.26. The number of anilines is 1. The lowest BCUT2D eigenvalue weighted by Gasteiger charge is -2.18. The van der Waals surface area contributed by atoms with Gasteiger partial charge in [-0.05, 0) is 43.3 Å². The van der Waals surface area contributed by atoms with Crippen LogP contribution in [0.1, 0.15) is 39.3 Å². The zero-order valence-corrected chi connectivity index (χ0v) is 16.3. The van der Waals surface area contributed by atoms with Crippen molar-refractivity contribution in [1.29, 1.82) is 0 Å². The quantitative estimate of drug-likeness (QED) is 0.457. The highest BCUT2D eigenvalue weighted by Gasteiger charge is 2.26. The van der Waals surface area contributed by atoms with Crippen LogP contribution in [-0.2, 0) is 9.53 Å². The van der Waals surface area contributed by atoms with Crippen molar-refractivity contribution < 1.29 is 19.1 Å². The van der Waals surface area contributed by atoms with Gasteiger partial charge in [0, 0.05) is 21.8 Å². The molecular weight excluding hydrogens is 390 g/mol. The maximum absolute atomic E-state index is 12.9. The van der Waals surface area contributed by atoms with E-state index < -0.39 is 18.0 Å². The van der Waals surface area contributed by atoms with Gasteiger partial charge >= 0.3 is 5.97 Å². The van der Waals surface area contributed by atoms with E-state index in [9.17, 15) is 14.4 Å². The molecule has 0 fully saturated rings. The molecule has 146 valence electrons. The minimum absolute atomic E-state index is 0.116. The van der Waals surface area contributed by atoms with Gasteiger partial charge in [0.1, 0.15) is 0 Å². The zero-order valence-electron chi connectivity index (χ0n) is 15.6. The van der Waals surface area contributed by atoms with E-state index in [-0.39, 0.29) is 11.3 Å². The third kappa shape index (κ3) is 5.30. The molecule has 0 aliphatic heterocycles. The van der Waals surface area contributed by atoms with Gasteiger partial charge in [-0.25, -0.2) is 4.79 Å². The fraction of sp³-hybridized carbons (Fsp3) is 0.0870. The van der Waals surface area contributed by atoms with Crippen molar-refractivity contribution in [2.75, 3.05) is 5.32 Å². The topological polar surface area (TPSA) is 72.5 Å². The normalized spacial score (nSPS) is 11.4. The van der Waals surface area contributed by atoms with Crippen LogP contribution in [0.15, 0.2) is 78.9 Å². The number of ketones is 1. The van der Waals surface area contributed by atoms with Crippen LogP contribution >= 0.6 is 11.6 Å². The van der Waals surface area contributed by atoms with Crippen LogP contribution in [0.3, 0.4) is 0 Å². The zero-order chi connectivity index (χ0) is 20.8. The first-order chi connectivity index (χ1) is 13.9. The fourth-order valence-corrected chi connectivity index (χ4v) is 2.81. The second-order valence-electron chi connectivity index (χ2n) is 6.33. The number of hydrogen-bond donors (Lipinski definition) is 1. The third-order valence-electron chi connectivity index (χ3n) is 4.18. The maximum Gasteiger partial charge on any atom is 0.339 e. The second kappa shape index (κ2) is 9.17. The van der Waals surface area contributed by atoms with Crippen LogP contribution in [-0.4, -0.2) is 17.7 Å². The second-order valence-corrected chi connectivity index (χ2v) is 6.77. The summed E-state index contributed by atoms with van der Waals surface area (Å²) in [6, 6.07) is 21.5. The van der Waals surface area contributed by atoms with Crippen molar-refractivity contribution in [3.63, 3.8) is 0 Å². The lowest BCUT2D eigenvalue weighted by atomic mass is 10.1. The Balaban J connectivity index is 1.84. The Morgan fingerprint density at radius 2 is 1.55 bits per heavy atom. The first kappa shape index (κ1) is 20.3. The molecule has 0 aromatic heterocycles. The van der Waals surface area contributed by atoms with E-state index in [1.165, 1.54) is 19.1 Å². The first-order valence-electron chi connectivity index (χ1n) is 8.87.